The largest absolute Gasteiger partial charge is 0.459 e. The predicted octanol–water partition coefficient (Wildman–Crippen LogP) is 4.21. The molecule has 34 heavy (non-hydrogen) atoms. The van der Waals surface area contributed by atoms with Crippen molar-refractivity contribution in [2.75, 3.05) is 11.9 Å². The van der Waals surface area contributed by atoms with Crippen molar-refractivity contribution < 1.29 is 32.3 Å². The summed E-state index contributed by atoms with van der Waals surface area (Å²) in [5.74, 6) is -1.27. The first-order valence-corrected chi connectivity index (χ1v) is 12.0. The van der Waals surface area contributed by atoms with Gasteiger partial charge < -0.3 is 14.8 Å². The Morgan fingerprint density at radius 3 is 1.85 bits per heavy atom. The topological polar surface area (TPSA) is 119 Å². The predicted molar refractivity (Wildman–Crippen MR) is 127 cm³/mol. The first-order chi connectivity index (χ1) is 15.6. The van der Waals surface area contributed by atoms with Crippen LogP contribution in [0.5, 0.6) is 0 Å². The molecule has 0 spiro atoms. The van der Waals surface area contributed by atoms with Crippen LogP contribution < -0.4 is 5.32 Å². The molecule has 1 N–H and O–H groups in total. The highest BCUT2D eigenvalue weighted by Gasteiger charge is 2.36. The second kappa shape index (κ2) is 10.3. The molecule has 0 atom stereocenters. The molecule has 0 saturated heterocycles. The van der Waals surface area contributed by atoms with E-state index in [0.29, 0.717) is 15.6 Å². The molecule has 0 heterocycles. The highest BCUT2D eigenvalue weighted by atomic mass is 32.2. The summed E-state index contributed by atoms with van der Waals surface area (Å²) in [5.41, 5.74) is -1.08. The van der Waals surface area contributed by atoms with Crippen molar-refractivity contribution in [3.05, 3.63) is 60.2 Å². The first kappa shape index (κ1) is 26.8. The highest BCUT2D eigenvalue weighted by Crippen LogP contribution is 2.22. The maximum absolute atomic E-state index is 13.2. The minimum Gasteiger partial charge on any atom is -0.459 e. The van der Waals surface area contributed by atoms with E-state index >= 15 is 0 Å². The van der Waals surface area contributed by atoms with Gasteiger partial charge in [-0.05, 0) is 77.9 Å². The number of anilines is 1. The van der Waals surface area contributed by atoms with Crippen LogP contribution in [0.1, 0.15) is 51.9 Å². The van der Waals surface area contributed by atoms with Gasteiger partial charge in [0, 0.05) is 11.3 Å². The van der Waals surface area contributed by atoms with Gasteiger partial charge in [0.15, 0.2) is 0 Å². The molecule has 2 rings (SSSR count). The molecule has 0 saturated carbocycles. The molecule has 0 aliphatic rings. The van der Waals surface area contributed by atoms with E-state index in [4.69, 9.17) is 9.47 Å². The first-order valence-electron chi connectivity index (χ1n) is 10.5. The fraction of sp³-hybridized carbons (Fsp3) is 0.375. The number of benzene rings is 2. The minimum atomic E-state index is -4.48. The van der Waals surface area contributed by atoms with Gasteiger partial charge in [0.05, 0.1) is 4.90 Å². The van der Waals surface area contributed by atoms with Gasteiger partial charge in [-0.25, -0.2) is 13.2 Å². The number of amides is 2. The van der Waals surface area contributed by atoms with Gasteiger partial charge in [0.25, 0.3) is 15.9 Å². The van der Waals surface area contributed by atoms with E-state index < -0.39 is 39.8 Å². The van der Waals surface area contributed by atoms with Crippen molar-refractivity contribution in [2.45, 2.75) is 57.6 Å². The number of nitrogens with one attached hydrogen (secondary N) is 1. The molecular weight excluding hydrogens is 460 g/mol. The summed E-state index contributed by atoms with van der Waals surface area (Å²) in [7, 11) is -4.48. The van der Waals surface area contributed by atoms with E-state index in [1.807, 2.05) is 0 Å². The Morgan fingerprint density at radius 2 is 1.35 bits per heavy atom. The van der Waals surface area contributed by atoms with Crippen molar-refractivity contribution in [2.24, 2.45) is 0 Å². The number of rotatable bonds is 6. The molecule has 0 aliphatic heterocycles. The van der Waals surface area contributed by atoms with Crippen LogP contribution in [0.4, 0.5) is 10.5 Å². The molecule has 2 aromatic rings. The minimum absolute atomic E-state index is 0.264. The normalized spacial score (nSPS) is 11.9. The molecule has 0 fully saturated rings. The van der Waals surface area contributed by atoms with Crippen molar-refractivity contribution in [1.82, 2.24) is 4.31 Å². The summed E-state index contributed by atoms with van der Waals surface area (Å²) >= 11 is 0. The summed E-state index contributed by atoms with van der Waals surface area (Å²) in [6.45, 7) is 8.74. The van der Waals surface area contributed by atoms with E-state index in [-0.39, 0.29) is 10.8 Å². The van der Waals surface area contributed by atoms with Crippen molar-refractivity contribution in [3.8, 4) is 0 Å². The summed E-state index contributed by atoms with van der Waals surface area (Å²) in [5, 5.41) is 2.66. The molecule has 2 amide bonds. The van der Waals surface area contributed by atoms with Gasteiger partial charge in [0.1, 0.15) is 17.7 Å². The number of hydrogen-bond acceptors (Lipinski definition) is 7. The average Bonchev–Trinajstić information content (AvgIpc) is 2.70. The Morgan fingerprint density at radius 1 is 0.824 bits per heavy atom. The Kier molecular flexibility index (Phi) is 8.09. The third-order valence-electron chi connectivity index (χ3n) is 4.03. The zero-order valence-corrected chi connectivity index (χ0v) is 20.9. The van der Waals surface area contributed by atoms with E-state index in [9.17, 15) is 22.8 Å². The van der Waals surface area contributed by atoms with Gasteiger partial charge in [-0.1, -0.05) is 18.2 Å². The molecule has 10 heteroatoms. The summed E-state index contributed by atoms with van der Waals surface area (Å²) < 4.78 is 37.2. The number of carbonyl (C=O) groups excluding carboxylic acids is 3. The van der Waals surface area contributed by atoms with Crippen LogP contribution in [-0.2, 0) is 24.3 Å². The number of carbonyl (C=O) groups is 3. The van der Waals surface area contributed by atoms with E-state index in [2.05, 4.69) is 5.32 Å². The van der Waals surface area contributed by atoms with Crippen LogP contribution >= 0.6 is 0 Å². The van der Waals surface area contributed by atoms with Crippen LogP contribution in [0, 0.1) is 0 Å². The summed E-state index contributed by atoms with van der Waals surface area (Å²) in [6, 6.07) is 13.7. The average molecular weight is 491 g/mol. The van der Waals surface area contributed by atoms with Gasteiger partial charge >= 0.3 is 12.1 Å². The lowest BCUT2D eigenvalue weighted by Gasteiger charge is -2.27. The standard InChI is InChI=1S/C24H30N2O7S/c1-23(2,3)32-20(27)16-26(22(29)33-24(4,5)6)34(30,31)19-14-12-18(13-15-19)25-21(28)17-10-8-7-9-11-17/h7-15H,16H2,1-6H3,(H,25,28). The second-order valence-electron chi connectivity index (χ2n) is 9.42. The smallest absolute Gasteiger partial charge is 0.424 e. The third kappa shape index (κ3) is 7.87. The molecule has 0 bridgehead atoms. The third-order valence-corrected chi connectivity index (χ3v) is 5.75. The number of ether oxygens (including phenoxy) is 2. The zero-order valence-electron chi connectivity index (χ0n) is 20.1. The fourth-order valence-electron chi connectivity index (χ4n) is 2.68. The zero-order chi connectivity index (χ0) is 25.7. The Labute approximate surface area is 200 Å². The van der Waals surface area contributed by atoms with Crippen LogP contribution in [0.2, 0.25) is 0 Å². The Hall–Kier alpha value is -3.40. The molecule has 0 radical (unpaired) electrons. The molecule has 2 aromatic carbocycles. The SMILES string of the molecule is CC(C)(C)OC(=O)CN(C(=O)OC(C)(C)C)S(=O)(=O)c1ccc(NC(=O)c2ccccc2)cc1. The number of esters is 1. The van der Waals surface area contributed by atoms with Crippen LogP contribution in [0.3, 0.4) is 0 Å². The molecule has 0 unspecified atom stereocenters. The van der Waals surface area contributed by atoms with E-state index in [1.165, 1.54) is 24.3 Å². The van der Waals surface area contributed by atoms with Crippen molar-refractivity contribution in [3.63, 3.8) is 0 Å². The molecule has 0 aromatic heterocycles. The van der Waals surface area contributed by atoms with Gasteiger partial charge in [-0.2, -0.15) is 4.31 Å². The van der Waals surface area contributed by atoms with Crippen molar-refractivity contribution in [1.29, 1.82) is 0 Å². The van der Waals surface area contributed by atoms with Gasteiger partial charge in [-0.3, -0.25) is 9.59 Å². The van der Waals surface area contributed by atoms with Gasteiger partial charge in [-0.15, -0.1) is 0 Å². The number of sulfonamides is 1. The monoisotopic (exact) mass is 490 g/mol. The van der Waals surface area contributed by atoms with Crippen LogP contribution in [-0.4, -0.2) is 48.4 Å². The highest BCUT2D eigenvalue weighted by molar-refractivity contribution is 7.89. The maximum atomic E-state index is 13.2. The molecular formula is C24H30N2O7S. The van der Waals surface area contributed by atoms with E-state index in [1.54, 1.807) is 71.9 Å². The number of nitrogens with zero attached hydrogens (tertiary/aromatic N) is 1. The Balaban J connectivity index is 2.29. The van der Waals surface area contributed by atoms with E-state index in [0.717, 1.165) is 0 Å². The lowest BCUT2D eigenvalue weighted by Crippen LogP contribution is -2.44. The lowest BCUT2D eigenvalue weighted by atomic mass is 10.2. The number of hydrogen-bond donors (Lipinski definition) is 1. The second-order valence-corrected chi connectivity index (χ2v) is 11.3. The van der Waals surface area contributed by atoms with Crippen molar-refractivity contribution >= 4 is 33.7 Å². The summed E-state index contributed by atoms with van der Waals surface area (Å²) in [6.07, 6.45) is -1.21. The quantitative estimate of drug-likeness (QED) is 0.603. The summed E-state index contributed by atoms with van der Waals surface area (Å²) in [4.78, 5) is 37.1. The molecule has 9 nitrogen and oxygen atoms in total. The van der Waals surface area contributed by atoms with Crippen LogP contribution in [0.15, 0.2) is 59.5 Å². The van der Waals surface area contributed by atoms with Crippen LogP contribution in [0.25, 0.3) is 0 Å². The Bertz CT molecular complexity index is 1130. The molecule has 184 valence electrons. The molecule has 0 aliphatic carbocycles. The lowest BCUT2D eigenvalue weighted by molar-refractivity contribution is -0.154. The fourth-order valence-corrected chi connectivity index (χ4v) is 3.93. The maximum Gasteiger partial charge on any atom is 0.424 e. The van der Waals surface area contributed by atoms with Gasteiger partial charge in [0.2, 0.25) is 0 Å².